The monoisotopic (exact) mass is 212 g/mol. The van der Waals surface area contributed by atoms with E-state index in [-0.39, 0.29) is 24.4 Å². The summed E-state index contributed by atoms with van der Waals surface area (Å²) in [5, 5.41) is 2.58. The van der Waals surface area contributed by atoms with E-state index in [1.54, 1.807) is 11.8 Å². The van der Waals surface area contributed by atoms with Gasteiger partial charge in [0.1, 0.15) is 6.04 Å². The van der Waals surface area contributed by atoms with Gasteiger partial charge in [0.05, 0.1) is 13.2 Å². The first-order chi connectivity index (χ1) is 7.18. The summed E-state index contributed by atoms with van der Waals surface area (Å²) >= 11 is 0. The highest BCUT2D eigenvalue weighted by Gasteiger charge is 2.33. The number of carbonyl (C=O) groups excluding carboxylic acids is 2. The van der Waals surface area contributed by atoms with E-state index >= 15 is 0 Å². The largest absolute Gasteiger partial charge is 0.381 e. The number of nitrogens with one attached hydrogen (secondary N) is 1. The van der Waals surface area contributed by atoms with Crippen LogP contribution in [0, 0.1) is 5.92 Å². The fourth-order valence-corrected chi connectivity index (χ4v) is 2.03. The minimum atomic E-state index is -0.341. The molecule has 15 heavy (non-hydrogen) atoms. The second-order valence-corrected chi connectivity index (χ2v) is 4.17. The average Bonchev–Trinajstić information content (AvgIpc) is 2.71. The third kappa shape index (κ3) is 2.12. The van der Waals surface area contributed by atoms with Gasteiger partial charge in [-0.2, -0.15) is 0 Å². The third-order valence-corrected chi connectivity index (χ3v) is 3.06. The van der Waals surface area contributed by atoms with Gasteiger partial charge in [-0.15, -0.1) is 0 Å². The molecule has 2 rings (SSSR count). The topological polar surface area (TPSA) is 58.6 Å². The number of hydrogen-bond donors (Lipinski definition) is 1. The normalized spacial score (nSPS) is 31.9. The minimum absolute atomic E-state index is 0.00833. The fraction of sp³-hybridized carbons (Fsp3) is 0.800. The lowest BCUT2D eigenvalue weighted by molar-refractivity contribution is -0.145. The van der Waals surface area contributed by atoms with Gasteiger partial charge in [0.2, 0.25) is 11.8 Å². The van der Waals surface area contributed by atoms with Crippen LogP contribution in [0.15, 0.2) is 0 Å². The van der Waals surface area contributed by atoms with Crippen molar-refractivity contribution in [3.63, 3.8) is 0 Å². The molecular formula is C10H16N2O3. The summed E-state index contributed by atoms with van der Waals surface area (Å²) in [5.41, 5.74) is 0. The Balaban J connectivity index is 1.97. The predicted octanol–water partition coefficient (Wildman–Crippen LogP) is -0.630. The fourth-order valence-electron chi connectivity index (χ4n) is 2.03. The van der Waals surface area contributed by atoms with E-state index in [1.807, 2.05) is 0 Å². The highest BCUT2D eigenvalue weighted by atomic mass is 16.5. The smallest absolute Gasteiger partial charge is 0.242 e. The number of amides is 2. The van der Waals surface area contributed by atoms with Crippen molar-refractivity contribution in [3.05, 3.63) is 0 Å². The van der Waals surface area contributed by atoms with Gasteiger partial charge < -0.3 is 15.0 Å². The molecule has 2 aliphatic rings. The Morgan fingerprint density at radius 2 is 2.33 bits per heavy atom. The van der Waals surface area contributed by atoms with E-state index in [0.717, 1.165) is 13.0 Å². The minimum Gasteiger partial charge on any atom is -0.381 e. The first-order valence-electron chi connectivity index (χ1n) is 5.33. The van der Waals surface area contributed by atoms with E-state index < -0.39 is 0 Å². The van der Waals surface area contributed by atoms with Crippen LogP contribution >= 0.6 is 0 Å². The highest BCUT2D eigenvalue weighted by Crippen LogP contribution is 2.16. The van der Waals surface area contributed by atoms with Crippen LogP contribution in [0.25, 0.3) is 0 Å². The van der Waals surface area contributed by atoms with Gasteiger partial charge in [-0.3, -0.25) is 9.59 Å². The van der Waals surface area contributed by atoms with Gasteiger partial charge in [0.25, 0.3) is 0 Å². The number of hydrogen-bond acceptors (Lipinski definition) is 3. The van der Waals surface area contributed by atoms with Gasteiger partial charge in [-0.25, -0.2) is 0 Å². The van der Waals surface area contributed by atoms with E-state index in [2.05, 4.69) is 5.32 Å². The zero-order valence-electron chi connectivity index (χ0n) is 8.86. The molecule has 5 nitrogen and oxygen atoms in total. The van der Waals surface area contributed by atoms with Crippen LogP contribution in [-0.2, 0) is 14.3 Å². The maximum absolute atomic E-state index is 11.6. The van der Waals surface area contributed by atoms with Gasteiger partial charge in [0.15, 0.2) is 0 Å². The summed E-state index contributed by atoms with van der Waals surface area (Å²) in [6.07, 6.45) is 0.984. The maximum Gasteiger partial charge on any atom is 0.242 e. The molecule has 0 aromatic rings. The van der Waals surface area contributed by atoms with Gasteiger partial charge in [-0.05, 0) is 13.3 Å². The molecule has 84 valence electrons. The van der Waals surface area contributed by atoms with Crippen LogP contribution in [0.2, 0.25) is 0 Å². The van der Waals surface area contributed by atoms with Gasteiger partial charge in [-0.1, -0.05) is 0 Å². The Morgan fingerprint density at radius 3 is 3.00 bits per heavy atom. The molecule has 0 aromatic carbocycles. The van der Waals surface area contributed by atoms with Crippen LogP contribution in [0.3, 0.4) is 0 Å². The first-order valence-corrected chi connectivity index (χ1v) is 5.33. The molecule has 2 amide bonds. The van der Waals surface area contributed by atoms with Crippen LogP contribution < -0.4 is 5.32 Å². The van der Waals surface area contributed by atoms with Crippen LogP contribution in [0.5, 0.6) is 0 Å². The zero-order chi connectivity index (χ0) is 10.8. The number of carbonyl (C=O) groups is 2. The molecule has 0 aromatic heterocycles. The van der Waals surface area contributed by atoms with Crippen molar-refractivity contribution in [1.82, 2.24) is 10.2 Å². The Kier molecular flexibility index (Phi) is 2.90. The summed E-state index contributed by atoms with van der Waals surface area (Å²) in [7, 11) is 0. The Bertz CT molecular complexity index is 274. The molecule has 0 bridgehead atoms. The summed E-state index contributed by atoms with van der Waals surface area (Å²) in [6, 6.07) is -0.341. The van der Waals surface area contributed by atoms with Crippen molar-refractivity contribution in [3.8, 4) is 0 Å². The molecule has 2 saturated heterocycles. The molecule has 0 saturated carbocycles. The summed E-state index contributed by atoms with van der Waals surface area (Å²) in [6.45, 7) is 4.03. The zero-order valence-corrected chi connectivity index (χ0v) is 8.86. The van der Waals surface area contributed by atoms with Crippen LogP contribution in [0.4, 0.5) is 0 Å². The summed E-state index contributed by atoms with van der Waals surface area (Å²) in [4.78, 5) is 24.7. The molecule has 0 aliphatic carbocycles. The molecule has 2 atom stereocenters. The van der Waals surface area contributed by atoms with Crippen LogP contribution in [-0.4, -0.2) is 49.1 Å². The lowest BCUT2D eigenvalue weighted by Gasteiger charge is -2.34. The maximum atomic E-state index is 11.6. The average molecular weight is 212 g/mol. The second-order valence-electron chi connectivity index (χ2n) is 4.17. The van der Waals surface area contributed by atoms with Gasteiger partial charge in [0, 0.05) is 19.1 Å². The first kappa shape index (κ1) is 10.4. The van der Waals surface area contributed by atoms with E-state index in [4.69, 9.17) is 4.74 Å². The van der Waals surface area contributed by atoms with Crippen molar-refractivity contribution >= 4 is 11.8 Å². The van der Waals surface area contributed by atoms with E-state index in [9.17, 15) is 9.59 Å². The lowest BCUT2D eigenvalue weighted by atomic mass is 10.1. The molecule has 2 fully saturated rings. The van der Waals surface area contributed by atoms with Crippen molar-refractivity contribution in [2.75, 3.05) is 26.3 Å². The second kappa shape index (κ2) is 4.18. The Hall–Kier alpha value is -1.10. The highest BCUT2D eigenvalue weighted by molar-refractivity contribution is 5.94. The molecule has 2 aliphatic heterocycles. The molecule has 1 N–H and O–H groups in total. The SMILES string of the molecule is CC1C(=O)NCC(=O)N1CC1CCOC1. The lowest BCUT2D eigenvalue weighted by Crippen LogP contribution is -2.58. The standard InChI is InChI=1S/C10H16N2O3/c1-7-10(14)11-4-9(13)12(7)5-8-2-3-15-6-8/h7-8H,2-6H2,1H3,(H,11,14). The summed E-state index contributed by atoms with van der Waals surface area (Å²) in [5.74, 6) is 0.338. The molecule has 2 heterocycles. The summed E-state index contributed by atoms with van der Waals surface area (Å²) < 4.78 is 5.26. The van der Waals surface area contributed by atoms with Crippen molar-refractivity contribution < 1.29 is 14.3 Å². The van der Waals surface area contributed by atoms with Crippen molar-refractivity contribution in [1.29, 1.82) is 0 Å². The number of piperazine rings is 1. The quantitative estimate of drug-likeness (QED) is 0.663. The molecule has 0 radical (unpaired) electrons. The molecule has 2 unspecified atom stereocenters. The third-order valence-electron chi connectivity index (χ3n) is 3.06. The molecule has 0 spiro atoms. The van der Waals surface area contributed by atoms with Crippen LogP contribution in [0.1, 0.15) is 13.3 Å². The van der Waals surface area contributed by atoms with Gasteiger partial charge >= 0.3 is 0 Å². The number of nitrogens with zero attached hydrogens (tertiary/aromatic N) is 1. The van der Waals surface area contributed by atoms with E-state index in [1.165, 1.54) is 0 Å². The number of ether oxygens (including phenoxy) is 1. The predicted molar refractivity (Wildman–Crippen MR) is 53.1 cm³/mol. The molecule has 5 heteroatoms. The van der Waals surface area contributed by atoms with E-state index in [0.29, 0.717) is 19.1 Å². The number of rotatable bonds is 2. The molecular weight excluding hydrogens is 196 g/mol. The Labute approximate surface area is 88.8 Å². The Morgan fingerprint density at radius 1 is 1.53 bits per heavy atom. The van der Waals surface area contributed by atoms with Crippen molar-refractivity contribution in [2.45, 2.75) is 19.4 Å². The van der Waals surface area contributed by atoms with Crippen molar-refractivity contribution in [2.24, 2.45) is 5.92 Å².